The zero-order valence-electron chi connectivity index (χ0n) is 32.9. The lowest BCUT2D eigenvalue weighted by Gasteiger charge is -2.42. The molecule has 7 aliphatic rings. The molecule has 2 aromatic heterocycles. The number of fused-ring (bicyclic) bond motifs is 12. The second kappa shape index (κ2) is 13.5. The van der Waals surface area contributed by atoms with Crippen molar-refractivity contribution in [3.8, 4) is 11.3 Å². The summed E-state index contributed by atoms with van der Waals surface area (Å²) in [5.74, 6) is 0.838. The molecule has 0 fully saturated rings. The lowest BCUT2D eigenvalue weighted by Crippen LogP contribution is -2.38. The highest BCUT2D eigenvalue weighted by atomic mass is 15.2. The molecule has 7 aliphatic carbocycles. The zero-order valence-corrected chi connectivity index (χ0v) is 32.9. The minimum atomic E-state index is -0.123. The normalized spacial score (nSPS) is 23.9. The fraction of sp³-hybridized carbons (Fsp3) is 0.218. The molecule has 12 rings (SSSR count). The molecule has 3 aromatic carbocycles. The molecule has 0 saturated carbocycles. The maximum Gasteiger partial charge on any atom is 0.0701 e. The molecule has 3 heteroatoms. The summed E-state index contributed by atoms with van der Waals surface area (Å²) in [7, 11) is 0. The highest BCUT2D eigenvalue weighted by molar-refractivity contribution is 5.95. The van der Waals surface area contributed by atoms with Crippen LogP contribution in [0.5, 0.6) is 0 Å². The molecule has 0 aliphatic heterocycles. The molecule has 0 amide bonds. The van der Waals surface area contributed by atoms with Crippen molar-refractivity contribution in [3.63, 3.8) is 0 Å². The molecular formula is C55H47N3. The van der Waals surface area contributed by atoms with E-state index in [9.17, 15) is 0 Å². The Morgan fingerprint density at radius 3 is 2.52 bits per heavy atom. The summed E-state index contributed by atoms with van der Waals surface area (Å²) in [4.78, 5) is 7.32. The van der Waals surface area contributed by atoms with Gasteiger partial charge in [0.05, 0.1) is 16.9 Å². The van der Waals surface area contributed by atoms with Gasteiger partial charge >= 0.3 is 0 Å². The van der Waals surface area contributed by atoms with Gasteiger partial charge in [-0.15, -0.1) is 0 Å². The number of anilines is 1. The predicted octanol–water partition coefficient (Wildman–Crippen LogP) is 13.5. The SMILES string of the molecule is C1=CCCC(n2c3c(c4ccccc42)CC=CC(N(C2=CC4C(CC2)C2=C(CCC=C2)C42C4=CCCC=C4c4ccccc42)c2ccc(-c4ccccn4)cc2)=C3)=C1. The van der Waals surface area contributed by atoms with Crippen LogP contribution in [-0.4, -0.2) is 9.55 Å². The number of hydrogen-bond donors (Lipinski definition) is 0. The summed E-state index contributed by atoms with van der Waals surface area (Å²) >= 11 is 0. The van der Waals surface area contributed by atoms with Gasteiger partial charge in [0.25, 0.3) is 0 Å². The number of pyridine rings is 1. The van der Waals surface area contributed by atoms with Crippen molar-refractivity contribution in [2.24, 2.45) is 11.8 Å². The van der Waals surface area contributed by atoms with Crippen LogP contribution in [0.25, 0.3) is 39.5 Å². The van der Waals surface area contributed by atoms with Gasteiger partial charge in [0.1, 0.15) is 0 Å². The van der Waals surface area contributed by atoms with Crippen molar-refractivity contribution in [2.45, 2.75) is 63.2 Å². The molecule has 0 N–H and O–H groups in total. The quantitative estimate of drug-likeness (QED) is 0.178. The van der Waals surface area contributed by atoms with E-state index in [2.05, 4.69) is 161 Å². The van der Waals surface area contributed by atoms with Crippen molar-refractivity contribution in [1.82, 2.24) is 9.55 Å². The van der Waals surface area contributed by atoms with Crippen LogP contribution in [0.15, 0.2) is 186 Å². The predicted molar refractivity (Wildman–Crippen MR) is 241 cm³/mol. The number of benzene rings is 3. The number of nitrogens with zero attached hydrogens (tertiary/aromatic N) is 3. The lowest BCUT2D eigenvalue weighted by molar-refractivity contribution is 0.348. The fourth-order valence-corrected chi connectivity index (χ4v) is 11.9. The van der Waals surface area contributed by atoms with Gasteiger partial charge in [-0.2, -0.15) is 0 Å². The fourth-order valence-electron chi connectivity index (χ4n) is 11.9. The van der Waals surface area contributed by atoms with E-state index < -0.39 is 0 Å². The Bertz CT molecular complexity index is 2810. The van der Waals surface area contributed by atoms with Gasteiger partial charge in [0.2, 0.25) is 0 Å². The van der Waals surface area contributed by atoms with Crippen LogP contribution in [0.3, 0.4) is 0 Å². The first kappa shape index (κ1) is 33.9. The third-order valence-corrected chi connectivity index (χ3v) is 14.1. The molecule has 2 heterocycles. The van der Waals surface area contributed by atoms with E-state index in [-0.39, 0.29) is 5.41 Å². The first-order valence-electron chi connectivity index (χ1n) is 21.6. The van der Waals surface area contributed by atoms with Gasteiger partial charge in [0.15, 0.2) is 0 Å². The maximum absolute atomic E-state index is 4.70. The Hall–Kier alpha value is -6.19. The second-order valence-electron chi connectivity index (χ2n) is 17.0. The Labute approximate surface area is 341 Å². The molecule has 0 bridgehead atoms. The van der Waals surface area contributed by atoms with Crippen molar-refractivity contribution in [1.29, 1.82) is 0 Å². The van der Waals surface area contributed by atoms with Crippen molar-refractivity contribution in [2.75, 3.05) is 4.90 Å². The summed E-state index contributed by atoms with van der Waals surface area (Å²) in [6.45, 7) is 0. The van der Waals surface area contributed by atoms with Crippen LogP contribution in [-0.2, 0) is 11.8 Å². The van der Waals surface area contributed by atoms with Crippen LogP contribution in [0.2, 0.25) is 0 Å². The molecule has 3 atom stereocenters. The molecule has 282 valence electrons. The summed E-state index contributed by atoms with van der Waals surface area (Å²) in [5.41, 5.74) is 20.6. The van der Waals surface area contributed by atoms with Crippen LogP contribution in [0.1, 0.15) is 73.8 Å². The summed E-state index contributed by atoms with van der Waals surface area (Å²) in [5, 5.41) is 1.35. The molecular weight excluding hydrogens is 703 g/mol. The van der Waals surface area contributed by atoms with E-state index in [1.165, 1.54) is 61.6 Å². The Balaban J connectivity index is 1.07. The molecule has 3 nitrogen and oxygen atoms in total. The number of rotatable bonds is 5. The smallest absolute Gasteiger partial charge is 0.0701 e. The lowest BCUT2D eigenvalue weighted by atomic mass is 9.62. The molecule has 1 spiro atoms. The standard InChI is InChI=1S/C55H47N3/c1-2-15-38(16-3-1)58-53-27-11-7-21-46(53)47-22-14-17-40(36-54(47)58)57(39-30-28-37(29-31-39)52-26-12-13-34-56-52)41-32-33-45-44-20-6-10-25-50(44)55(51(45)35-41)48-23-8-4-18-42(48)43-19-5-9-24-49(43)55/h1-2,4,6-8,11-15,17-21,23-24,26-31,34-36,45,51H,3,5,9-10,16,22,25,32-33H2. The number of hydrogen-bond acceptors (Lipinski definition) is 2. The summed E-state index contributed by atoms with van der Waals surface area (Å²) in [6, 6.07) is 33.8. The first-order chi connectivity index (χ1) is 28.8. The highest BCUT2D eigenvalue weighted by Crippen LogP contribution is 2.68. The van der Waals surface area contributed by atoms with Gasteiger partial charge in [-0.25, -0.2) is 0 Å². The van der Waals surface area contributed by atoms with Gasteiger partial charge < -0.3 is 9.47 Å². The average molecular weight is 750 g/mol. The molecule has 58 heavy (non-hydrogen) atoms. The van der Waals surface area contributed by atoms with Gasteiger partial charge in [-0.1, -0.05) is 115 Å². The minimum Gasteiger partial charge on any atom is -0.314 e. The van der Waals surface area contributed by atoms with Crippen LogP contribution >= 0.6 is 0 Å². The third kappa shape index (κ3) is 4.95. The van der Waals surface area contributed by atoms with E-state index in [0.717, 1.165) is 69.0 Å². The molecule has 0 saturated heterocycles. The minimum absolute atomic E-state index is 0.123. The highest BCUT2D eigenvalue weighted by Gasteiger charge is 2.60. The molecule has 5 aromatic rings. The molecule has 0 radical (unpaired) electrons. The summed E-state index contributed by atoms with van der Waals surface area (Å²) < 4.78 is 2.56. The second-order valence-corrected chi connectivity index (χ2v) is 17.0. The monoisotopic (exact) mass is 749 g/mol. The Morgan fingerprint density at radius 1 is 0.759 bits per heavy atom. The number of allylic oxidation sites excluding steroid dienone is 16. The van der Waals surface area contributed by atoms with Gasteiger partial charge in [0, 0.05) is 51.3 Å². The maximum atomic E-state index is 4.70. The van der Waals surface area contributed by atoms with E-state index >= 15 is 0 Å². The average Bonchev–Trinajstić information content (AvgIpc) is 3.81. The molecule has 3 unspecified atom stereocenters. The summed E-state index contributed by atoms with van der Waals surface area (Å²) in [6.07, 6.45) is 38.6. The number of para-hydroxylation sites is 1. The zero-order chi connectivity index (χ0) is 38.2. The van der Waals surface area contributed by atoms with E-state index in [1.807, 2.05) is 12.3 Å². The van der Waals surface area contributed by atoms with Crippen molar-refractivity contribution >= 4 is 33.9 Å². The van der Waals surface area contributed by atoms with Crippen molar-refractivity contribution < 1.29 is 0 Å². The van der Waals surface area contributed by atoms with E-state index in [4.69, 9.17) is 4.98 Å². The van der Waals surface area contributed by atoms with Crippen LogP contribution < -0.4 is 4.90 Å². The first-order valence-corrected chi connectivity index (χ1v) is 21.6. The van der Waals surface area contributed by atoms with Crippen LogP contribution in [0, 0.1) is 11.8 Å². The third-order valence-electron chi connectivity index (χ3n) is 14.1. The van der Waals surface area contributed by atoms with Crippen LogP contribution in [0.4, 0.5) is 5.69 Å². The number of aromatic nitrogens is 2. The van der Waals surface area contributed by atoms with Crippen molar-refractivity contribution in [3.05, 3.63) is 208 Å². The van der Waals surface area contributed by atoms with Gasteiger partial charge in [-0.05, 0) is 146 Å². The largest absolute Gasteiger partial charge is 0.314 e. The van der Waals surface area contributed by atoms with E-state index in [1.54, 1.807) is 16.7 Å². The Morgan fingerprint density at radius 2 is 1.62 bits per heavy atom. The Kier molecular flexibility index (Phi) is 7.86. The van der Waals surface area contributed by atoms with Gasteiger partial charge in [-0.3, -0.25) is 4.98 Å². The van der Waals surface area contributed by atoms with E-state index in [0.29, 0.717) is 11.8 Å². The topological polar surface area (TPSA) is 21.1 Å².